The number of halogens is 1. The van der Waals surface area contributed by atoms with Crippen LogP contribution in [0.15, 0.2) is 40.9 Å². The Bertz CT molecular complexity index is 810. The maximum atomic E-state index is 12.1. The van der Waals surface area contributed by atoms with E-state index in [4.69, 9.17) is 9.47 Å². The highest BCUT2D eigenvalue weighted by Crippen LogP contribution is 2.29. The molecule has 1 N–H and O–H groups in total. The minimum Gasteiger partial charge on any atom is -0.494 e. The van der Waals surface area contributed by atoms with Gasteiger partial charge in [-0.1, -0.05) is 19.4 Å². The zero-order valence-corrected chi connectivity index (χ0v) is 16.0. The van der Waals surface area contributed by atoms with E-state index in [1.807, 2.05) is 18.2 Å². The Hall–Kier alpha value is -2.61. The minimum absolute atomic E-state index is 0.118. The van der Waals surface area contributed by atoms with Gasteiger partial charge in [-0.3, -0.25) is 14.9 Å². The second-order valence-electron chi connectivity index (χ2n) is 5.49. The maximum absolute atomic E-state index is 12.1. The third-order valence-electron chi connectivity index (χ3n) is 3.56. The Morgan fingerprint density at radius 2 is 2.00 bits per heavy atom. The van der Waals surface area contributed by atoms with Crippen molar-refractivity contribution in [3.63, 3.8) is 0 Å². The van der Waals surface area contributed by atoms with Gasteiger partial charge in [0.1, 0.15) is 11.5 Å². The highest BCUT2D eigenvalue weighted by Gasteiger charge is 2.14. The molecule has 0 bridgehead atoms. The second-order valence-corrected chi connectivity index (χ2v) is 6.35. The Morgan fingerprint density at radius 3 is 2.62 bits per heavy atom. The maximum Gasteiger partial charge on any atom is 0.273 e. The second kappa shape index (κ2) is 9.19. The molecular weight excluding hydrogens is 404 g/mol. The summed E-state index contributed by atoms with van der Waals surface area (Å²) in [5.41, 5.74) is 1.41. The van der Waals surface area contributed by atoms with Gasteiger partial charge in [0.2, 0.25) is 0 Å². The number of aryl methyl sites for hydroxylation is 1. The van der Waals surface area contributed by atoms with E-state index in [0.717, 1.165) is 17.3 Å². The molecule has 7 nitrogen and oxygen atoms in total. The van der Waals surface area contributed by atoms with Gasteiger partial charge in [0.05, 0.1) is 28.3 Å². The molecule has 0 aliphatic heterocycles. The lowest BCUT2D eigenvalue weighted by molar-refractivity contribution is -0.384. The highest BCUT2D eigenvalue weighted by molar-refractivity contribution is 9.10. The zero-order valence-electron chi connectivity index (χ0n) is 14.5. The molecule has 8 heteroatoms. The summed E-state index contributed by atoms with van der Waals surface area (Å²) in [6, 6.07) is 9.71. The van der Waals surface area contributed by atoms with Crippen molar-refractivity contribution in [1.82, 2.24) is 0 Å². The number of anilines is 1. The molecule has 0 fully saturated rings. The van der Waals surface area contributed by atoms with E-state index < -0.39 is 10.8 Å². The number of nitro groups is 1. The molecule has 0 aromatic heterocycles. The summed E-state index contributed by atoms with van der Waals surface area (Å²) in [6.45, 7) is 1.90. The zero-order chi connectivity index (χ0) is 19.1. The van der Waals surface area contributed by atoms with Gasteiger partial charge >= 0.3 is 0 Å². The smallest absolute Gasteiger partial charge is 0.273 e. The lowest BCUT2D eigenvalue weighted by Gasteiger charge is -2.12. The van der Waals surface area contributed by atoms with Crippen LogP contribution >= 0.6 is 15.9 Å². The van der Waals surface area contributed by atoms with Crippen LogP contribution < -0.4 is 14.8 Å². The van der Waals surface area contributed by atoms with Crippen LogP contribution in [0.25, 0.3) is 0 Å². The molecule has 2 rings (SSSR count). The molecule has 138 valence electrons. The number of non-ortho nitro benzene ring substituents is 1. The van der Waals surface area contributed by atoms with Gasteiger partial charge < -0.3 is 14.8 Å². The molecule has 0 radical (unpaired) electrons. The SMILES string of the molecule is CCCc1ccc(OCC(=O)Nc2ccc([N+](=O)[O-])cc2OC)c(Br)c1. The largest absolute Gasteiger partial charge is 0.494 e. The summed E-state index contributed by atoms with van der Waals surface area (Å²) in [5, 5.41) is 13.4. The van der Waals surface area contributed by atoms with Crippen molar-refractivity contribution in [3.05, 3.63) is 56.5 Å². The van der Waals surface area contributed by atoms with Crippen LogP contribution in [-0.2, 0) is 11.2 Å². The van der Waals surface area contributed by atoms with Crippen molar-refractivity contribution in [3.8, 4) is 11.5 Å². The van der Waals surface area contributed by atoms with Crippen LogP contribution in [0.4, 0.5) is 11.4 Å². The van der Waals surface area contributed by atoms with Crippen molar-refractivity contribution in [2.75, 3.05) is 19.0 Å². The molecule has 0 aliphatic rings. The number of carbonyl (C=O) groups is 1. The summed E-state index contributed by atoms with van der Waals surface area (Å²) in [6.07, 6.45) is 2.02. The van der Waals surface area contributed by atoms with E-state index in [9.17, 15) is 14.9 Å². The summed E-state index contributed by atoms with van der Waals surface area (Å²) in [4.78, 5) is 22.4. The Morgan fingerprint density at radius 1 is 1.23 bits per heavy atom. The summed E-state index contributed by atoms with van der Waals surface area (Å²) >= 11 is 3.44. The van der Waals surface area contributed by atoms with Crippen LogP contribution in [0.2, 0.25) is 0 Å². The topological polar surface area (TPSA) is 90.7 Å². The lowest BCUT2D eigenvalue weighted by Crippen LogP contribution is -2.20. The van der Waals surface area contributed by atoms with Crippen LogP contribution in [-0.4, -0.2) is 24.5 Å². The standard InChI is InChI=1S/C18H19BrN2O5/c1-3-4-12-5-8-16(14(19)9-12)26-11-18(22)20-15-7-6-13(21(23)24)10-17(15)25-2/h5-10H,3-4,11H2,1-2H3,(H,20,22). The molecule has 0 atom stereocenters. The van der Waals surface area contributed by atoms with Crippen LogP contribution in [0.3, 0.4) is 0 Å². The predicted molar refractivity (Wildman–Crippen MR) is 102 cm³/mol. The molecular formula is C18H19BrN2O5. The van der Waals surface area contributed by atoms with Crippen molar-refractivity contribution in [2.45, 2.75) is 19.8 Å². The number of nitrogens with one attached hydrogen (secondary N) is 1. The minimum atomic E-state index is -0.531. The molecule has 1 amide bonds. The first-order valence-electron chi connectivity index (χ1n) is 7.98. The van der Waals surface area contributed by atoms with Crippen molar-refractivity contribution in [1.29, 1.82) is 0 Å². The summed E-state index contributed by atoms with van der Waals surface area (Å²) in [5.74, 6) is 0.370. The number of rotatable bonds is 8. The third-order valence-corrected chi connectivity index (χ3v) is 4.18. The number of carbonyl (C=O) groups excluding carboxylic acids is 1. The van der Waals surface area contributed by atoms with E-state index in [0.29, 0.717) is 11.4 Å². The molecule has 0 aliphatic carbocycles. The first-order valence-corrected chi connectivity index (χ1v) is 8.77. The quantitative estimate of drug-likeness (QED) is 0.504. The molecule has 2 aromatic rings. The van der Waals surface area contributed by atoms with Crippen LogP contribution in [0.1, 0.15) is 18.9 Å². The van der Waals surface area contributed by atoms with E-state index in [1.54, 1.807) is 0 Å². The first-order chi connectivity index (χ1) is 12.4. The molecule has 0 heterocycles. The number of methoxy groups -OCH3 is 1. The number of amides is 1. The summed E-state index contributed by atoms with van der Waals surface area (Å²) in [7, 11) is 1.38. The van der Waals surface area contributed by atoms with Gasteiger partial charge in [-0.25, -0.2) is 0 Å². The van der Waals surface area contributed by atoms with Gasteiger partial charge in [0.15, 0.2) is 6.61 Å². The molecule has 0 saturated heterocycles. The number of hydrogen-bond donors (Lipinski definition) is 1. The van der Waals surface area contributed by atoms with Crippen molar-refractivity contribution in [2.24, 2.45) is 0 Å². The van der Waals surface area contributed by atoms with Crippen LogP contribution in [0.5, 0.6) is 11.5 Å². The number of nitro benzene ring substituents is 1. The van der Waals surface area contributed by atoms with E-state index >= 15 is 0 Å². The Kier molecular flexibility index (Phi) is 6.97. The van der Waals surface area contributed by atoms with Crippen LogP contribution in [0, 0.1) is 10.1 Å². The highest BCUT2D eigenvalue weighted by atomic mass is 79.9. The fourth-order valence-corrected chi connectivity index (χ4v) is 2.87. The van der Waals surface area contributed by atoms with Gasteiger partial charge in [0.25, 0.3) is 11.6 Å². The monoisotopic (exact) mass is 422 g/mol. The number of nitrogens with zero attached hydrogens (tertiary/aromatic N) is 1. The van der Waals surface area contributed by atoms with Gasteiger partial charge in [-0.2, -0.15) is 0 Å². The summed E-state index contributed by atoms with van der Waals surface area (Å²) < 4.78 is 11.4. The van der Waals surface area contributed by atoms with Gasteiger partial charge in [-0.05, 0) is 46.1 Å². The van der Waals surface area contributed by atoms with Gasteiger partial charge in [-0.15, -0.1) is 0 Å². The number of benzene rings is 2. The van der Waals surface area contributed by atoms with Crippen molar-refractivity contribution < 1.29 is 19.2 Å². The molecule has 2 aromatic carbocycles. The van der Waals surface area contributed by atoms with E-state index in [1.165, 1.54) is 30.9 Å². The molecule has 0 unspecified atom stereocenters. The third kappa shape index (κ3) is 5.19. The molecule has 0 saturated carbocycles. The Balaban J connectivity index is 2.00. The lowest BCUT2D eigenvalue weighted by atomic mass is 10.1. The average Bonchev–Trinajstić information content (AvgIpc) is 2.61. The fourth-order valence-electron chi connectivity index (χ4n) is 2.33. The first kappa shape index (κ1) is 19.7. The number of ether oxygens (including phenoxy) is 2. The number of hydrogen-bond acceptors (Lipinski definition) is 5. The molecule has 26 heavy (non-hydrogen) atoms. The normalized spacial score (nSPS) is 10.3. The molecule has 0 spiro atoms. The van der Waals surface area contributed by atoms with E-state index in [2.05, 4.69) is 28.2 Å². The van der Waals surface area contributed by atoms with Crippen molar-refractivity contribution >= 4 is 33.2 Å². The predicted octanol–water partition coefficient (Wildman–Crippen LogP) is 4.34. The van der Waals surface area contributed by atoms with Gasteiger partial charge in [0, 0.05) is 6.07 Å². The fraction of sp³-hybridized carbons (Fsp3) is 0.278. The average molecular weight is 423 g/mol. The Labute approximate surface area is 159 Å². The van der Waals surface area contributed by atoms with E-state index in [-0.39, 0.29) is 18.0 Å².